The van der Waals surface area contributed by atoms with Gasteiger partial charge in [0.15, 0.2) is 5.78 Å². The van der Waals surface area contributed by atoms with Gasteiger partial charge in [0.1, 0.15) is 28.7 Å². The van der Waals surface area contributed by atoms with E-state index in [1.807, 2.05) is 37.3 Å². The van der Waals surface area contributed by atoms with Crippen LogP contribution in [0.3, 0.4) is 0 Å². The van der Waals surface area contributed by atoms with Gasteiger partial charge in [0.2, 0.25) is 11.8 Å². The lowest BCUT2D eigenvalue weighted by Gasteiger charge is -2.52. The van der Waals surface area contributed by atoms with Gasteiger partial charge in [-0.25, -0.2) is 0 Å². The minimum Gasteiger partial charge on any atom is -0.508 e. The minimum absolute atomic E-state index is 0.0322. The van der Waals surface area contributed by atoms with E-state index >= 15 is 0 Å². The molecule has 354 valence electrons. The third-order valence-corrected chi connectivity index (χ3v) is 19.4. The zero-order valence-electron chi connectivity index (χ0n) is 39.4. The maximum Gasteiger partial charge on any atom is 0.308 e. The Bertz CT molecular complexity index is 2580. The number of rotatable bonds is 1. The van der Waals surface area contributed by atoms with Crippen molar-refractivity contribution in [2.24, 2.45) is 56.9 Å². The van der Waals surface area contributed by atoms with Crippen LogP contribution in [0.15, 0.2) is 59.8 Å². The van der Waals surface area contributed by atoms with Crippen LogP contribution in [0.1, 0.15) is 162 Å². The number of carbonyl (C=O) groups excluding carboxylic acids is 5. The van der Waals surface area contributed by atoms with Gasteiger partial charge in [0.05, 0.1) is 5.41 Å². The summed E-state index contributed by atoms with van der Waals surface area (Å²) >= 11 is 0. The predicted octanol–water partition coefficient (Wildman–Crippen LogP) is 9.80. The first-order valence-electron chi connectivity index (χ1n) is 25.1. The fourth-order valence-electron chi connectivity index (χ4n) is 15.9. The molecule has 5 saturated carbocycles. The van der Waals surface area contributed by atoms with Crippen molar-refractivity contribution in [3.05, 3.63) is 88.0 Å². The number of esters is 1. The molecule has 6 fully saturated rings. The van der Waals surface area contributed by atoms with Gasteiger partial charge in [-0.15, -0.1) is 0 Å². The number of aryl methyl sites for hydroxylation is 3. The van der Waals surface area contributed by atoms with Crippen LogP contribution < -0.4 is 10.1 Å². The molecule has 9 unspecified atom stereocenters. The minimum atomic E-state index is -0.426. The summed E-state index contributed by atoms with van der Waals surface area (Å²) in [6, 6.07) is 17.5. The average Bonchev–Trinajstić information content (AvgIpc) is 3.76. The number of Topliss-reactive ketones (excluding diaryl/α,β-unsaturated/α-hetero) is 2. The molecule has 12 rings (SSSR count). The number of ketones is 2. The lowest BCUT2D eigenvalue weighted by molar-refractivity contribution is -0.151. The number of hydrogen-bond donors (Lipinski definition) is 4. The first-order valence-corrected chi connectivity index (χ1v) is 25.1. The Labute approximate surface area is 393 Å². The SMILES string of the molecule is CC(=O)Oc1ccc2c(c1)CCC1C2CC[C@]2(C)C(=O)NC(=O)CC12.C[C@]12CCC3c4ccc(O)cc4CCC3C1C/C(=N\O)C2=O.C[C@]12CCC3c4ccc(O)cc4CCC3C1CCC2=O. The van der Waals surface area contributed by atoms with E-state index in [0.717, 1.165) is 83.5 Å². The van der Waals surface area contributed by atoms with E-state index in [1.54, 1.807) is 6.07 Å². The Morgan fingerprint density at radius 3 is 1.66 bits per heavy atom. The number of phenols is 2. The Morgan fingerprint density at radius 1 is 0.612 bits per heavy atom. The molecule has 0 bridgehead atoms. The molecule has 1 heterocycles. The van der Waals surface area contributed by atoms with Crippen LogP contribution in [0, 0.1) is 51.8 Å². The van der Waals surface area contributed by atoms with E-state index < -0.39 is 5.41 Å². The van der Waals surface area contributed by atoms with Crippen LogP contribution in [-0.4, -0.2) is 50.5 Å². The molecule has 1 aliphatic heterocycles. The second-order valence-corrected chi connectivity index (χ2v) is 22.5. The molecule has 12 atom stereocenters. The molecule has 0 spiro atoms. The maximum atomic E-state index is 12.5. The maximum absolute atomic E-state index is 12.5. The monoisotopic (exact) mass is 910 g/mol. The van der Waals surface area contributed by atoms with E-state index in [9.17, 15) is 34.2 Å². The number of benzene rings is 3. The molecule has 67 heavy (non-hydrogen) atoms. The number of nitrogens with zero attached hydrogens (tertiary/aromatic N) is 1. The summed E-state index contributed by atoms with van der Waals surface area (Å²) in [5.41, 5.74) is 7.46. The quantitative estimate of drug-likeness (QED) is 0.0608. The van der Waals surface area contributed by atoms with Crippen LogP contribution in [0.4, 0.5) is 0 Å². The summed E-state index contributed by atoms with van der Waals surface area (Å²) in [7, 11) is 0. The van der Waals surface area contributed by atoms with E-state index in [0.29, 0.717) is 83.0 Å². The van der Waals surface area contributed by atoms with Crippen molar-refractivity contribution in [2.45, 2.75) is 148 Å². The second kappa shape index (κ2) is 17.0. The summed E-state index contributed by atoms with van der Waals surface area (Å²) in [6.45, 7) is 7.70. The number of phenolic OH excluding ortho intramolecular Hbond substituents is 2. The Morgan fingerprint density at radius 2 is 1.10 bits per heavy atom. The fraction of sp³-hybridized carbons (Fsp3) is 0.571. The number of piperidine rings is 1. The first kappa shape index (κ1) is 45.5. The van der Waals surface area contributed by atoms with Gasteiger partial charge in [0.25, 0.3) is 0 Å². The molecule has 11 heteroatoms. The van der Waals surface area contributed by atoms with E-state index in [2.05, 4.69) is 42.5 Å². The molecule has 11 nitrogen and oxygen atoms in total. The van der Waals surface area contributed by atoms with Crippen molar-refractivity contribution < 1.29 is 44.1 Å². The number of carbonyl (C=O) groups is 5. The highest BCUT2D eigenvalue weighted by Crippen LogP contribution is 2.61. The van der Waals surface area contributed by atoms with Crippen LogP contribution in [0.2, 0.25) is 0 Å². The normalized spacial score (nSPS) is 36.8. The standard InChI is InChI=1S/C20H23NO4.C18H21NO3.C18H22O2/c1-11(22)25-13-4-6-14-12(9-13)3-5-16-15(14)7-8-20(2)17(16)10-18(23)21-19(20)24;1-18-7-6-13-12-5-3-11(20)8-10(12)2-4-14(13)15(18)9-16(19-22)17(18)21;1-18-9-8-14-13-5-3-12(19)10-11(13)2-4-15(14)16(18)6-7-17(18)20/h4,6,9,15-17H,3,5,7-8,10H2,1-2H3,(H,21,23,24);3,5,8,13-15,20,22H,2,4,6-7,9H2,1H3;3,5,10,14-16,19H,2,4,6-9H2,1H3/b;19-16+;/t15?,16?,17?,20-;13?,14?,15?,18-;14?,15?,16?,18-/m000/s1. The van der Waals surface area contributed by atoms with Crippen LogP contribution >= 0.6 is 0 Å². The van der Waals surface area contributed by atoms with Gasteiger partial charge in [0, 0.05) is 37.0 Å². The van der Waals surface area contributed by atoms with Crippen molar-refractivity contribution in [3.8, 4) is 17.2 Å². The topological polar surface area (TPSA) is 180 Å². The highest BCUT2D eigenvalue weighted by Gasteiger charge is 2.58. The second-order valence-electron chi connectivity index (χ2n) is 22.5. The molecule has 0 radical (unpaired) electrons. The summed E-state index contributed by atoms with van der Waals surface area (Å²) in [6.07, 6.45) is 14.9. The number of oxime groups is 1. The molecular formula is C56H66N2O9. The molecular weight excluding hydrogens is 845 g/mol. The summed E-state index contributed by atoms with van der Waals surface area (Å²) in [4.78, 5) is 60.4. The highest BCUT2D eigenvalue weighted by molar-refractivity contribution is 6.43. The number of ether oxygens (including phenoxy) is 1. The zero-order chi connectivity index (χ0) is 47.2. The molecule has 3 aromatic rings. The number of fused-ring (bicyclic) bond motifs is 15. The van der Waals surface area contributed by atoms with Gasteiger partial charge in [-0.3, -0.25) is 29.3 Å². The number of amides is 2. The van der Waals surface area contributed by atoms with Gasteiger partial charge >= 0.3 is 5.97 Å². The van der Waals surface area contributed by atoms with Gasteiger partial charge in [-0.1, -0.05) is 44.1 Å². The summed E-state index contributed by atoms with van der Waals surface area (Å²) in [5, 5.41) is 34.3. The lowest BCUT2D eigenvalue weighted by atomic mass is 9.52. The Balaban J connectivity index is 0.000000118. The molecule has 2 amide bonds. The molecule has 4 N–H and O–H groups in total. The van der Waals surface area contributed by atoms with Crippen molar-refractivity contribution in [1.82, 2.24) is 5.32 Å². The van der Waals surface area contributed by atoms with E-state index in [-0.39, 0.29) is 46.2 Å². The Kier molecular flexibility index (Phi) is 11.5. The lowest BCUT2D eigenvalue weighted by Crippen LogP contribution is -2.57. The number of nitrogens with one attached hydrogen (secondary N) is 1. The van der Waals surface area contributed by atoms with Crippen molar-refractivity contribution >= 4 is 35.1 Å². The van der Waals surface area contributed by atoms with Gasteiger partial charge < -0.3 is 20.2 Å². The summed E-state index contributed by atoms with van der Waals surface area (Å²) in [5.74, 6) is 5.31. The molecule has 9 aliphatic rings. The number of aromatic hydroxyl groups is 2. The fourth-order valence-corrected chi connectivity index (χ4v) is 15.9. The van der Waals surface area contributed by atoms with Gasteiger partial charge in [-0.05, 0) is 207 Å². The van der Waals surface area contributed by atoms with Crippen LogP contribution in [0.5, 0.6) is 17.2 Å². The largest absolute Gasteiger partial charge is 0.508 e. The predicted molar refractivity (Wildman–Crippen MR) is 251 cm³/mol. The molecule has 8 aliphatic carbocycles. The molecule has 0 aromatic heterocycles. The van der Waals surface area contributed by atoms with Crippen molar-refractivity contribution in [3.63, 3.8) is 0 Å². The van der Waals surface area contributed by atoms with Crippen LogP contribution in [0.25, 0.3) is 0 Å². The van der Waals surface area contributed by atoms with E-state index in [4.69, 9.17) is 9.94 Å². The molecule has 3 aromatic carbocycles. The third-order valence-electron chi connectivity index (χ3n) is 19.4. The zero-order valence-corrected chi connectivity index (χ0v) is 39.4. The van der Waals surface area contributed by atoms with Crippen molar-refractivity contribution in [2.75, 3.05) is 0 Å². The molecule has 1 saturated heterocycles. The van der Waals surface area contributed by atoms with Crippen molar-refractivity contribution in [1.29, 1.82) is 0 Å². The average molecular weight is 911 g/mol. The van der Waals surface area contributed by atoms with Crippen LogP contribution in [-0.2, 0) is 43.2 Å². The number of hydrogen-bond acceptors (Lipinski definition) is 10. The van der Waals surface area contributed by atoms with Gasteiger partial charge in [-0.2, -0.15) is 0 Å². The van der Waals surface area contributed by atoms with E-state index in [1.165, 1.54) is 46.7 Å². The smallest absolute Gasteiger partial charge is 0.308 e. The number of imide groups is 1. The highest BCUT2D eigenvalue weighted by atomic mass is 16.5. The third kappa shape index (κ3) is 7.61. The first-order chi connectivity index (χ1) is 32.0. The Hall–Kier alpha value is -5.32. The summed E-state index contributed by atoms with van der Waals surface area (Å²) < 4.78 is 5.21.